The summed E-state index contributed by atoms with van der Waals surface area (Å²) in [6, 6.07) is 11.3. The second kappa shape index (κ2) is 9.48. The van der Waals surface area contributed by atoms with Gasteiger partial charge in [-0.15, -0.1) is 0 Å². The highest BCUT2D eigenvalue weighted by atomic mass is 32.2. The van der Waals surface area contributed by atoms with Gasteiger partial charge in [0.15, 0.2) is 6.61 Å². The third-order valence-corrected chi connectivity index (χ3v) is 5.66. The fourth-order valence-corrected chi connectivity index (χ4v) is 3.48. The van der Waals surface area contributed by atoms with Crippen molar-refractivity contribution in [1.82, 2.24) is 4.72 Å². The monoisotopic (exact) mass is 404 g/mol. The number of benzene rings is 2. The lowest BCUT2D eigenvalue weighted by molar-refractivity contribution is -0.119. The Hall–Kier alpha value is -2.71. The van der Waals surface area contributed by atoms with Crippen molar-refractivity contribution in [1.29, 1.82) is 0 Å². The van der Waals surface area contributed by atoms with Gasteiger partial charge in [-0.3, -0.25) is 4.79 Å². The molecule has 0 unspecified atom stereocenters. The average Bonchev–Trinajstić information content (AvgIpc) is 2.72. The van der Waals surface area contributed by atoms with Crippen molar-refractivity contribution < 1.29 is 22.7 Å². The van der Waals surface area contributed by atoms with Crippen LogP contribution in [0.5, 0.6) is 0 Å². The standard InChI is InChI=1S/C20H24N2O5S/c1-4-14-8-6-9-15(5-2)19(14)22-18(23)13-27-20(24)16-10-7-11-17(12-16)28(25,26)21-3/h6-12,21H,4-5,13H2,1-3H3,(H,22,23). The van der Waals surface area contributed by atoms with Gasteiger partial charge in [-0.05, 0) is 49.2 Å². The Bertz CT molecular complexity index is 948. The molecule has 2 rings (SSSR count). The van der Waals surface area contributed by atoms with Crippen molar-refractivity contribution in [2.45, 2.75) is 31.6 Å². The molecule has 0 saturated heterocycles. The van der Waals surface area contributed by atoms with Crippen LogP contribution in [0.25, 0.3) is 0 Å². The van der Waals surface area contributed by atoms with Crippen molar-refractivity contribution in [3.05, 3.63) is 59.2 Å². The molecule has 0 radical (unpaired) electrons. The van der Waals surface area contributed by atoms with Crippen LogP contribution in [0.4, 0.5) is 5.69 Å². The second-order valence-corrected chi connectivity index (χ2v) is 7.90. The number of carbonyl (C=O) groups excluding carboxylic acids is 2. The Morgan fingerprint density at radius 1 is 1.00 bits per heavy atom. The van der Waals surface area contributed by atoms with Crippen molar-refractivity contribution in [3.8, 4) is 0 Å². The summed E-state index contributed by atoms with van der Waals surface area (Å²) in [4.78, 5) is 24.4. The van der Waals surface area contributed by atoms with Crippen LogP contribution in [0.15, 0.2) is 47.4 Å². The van der Waals surface area contributed by atoms with Crippen molar-refractivity contribution >= 4 is 27.6 Å². The van der Waals surface area contributed by atoms with Gasteiger partial charge in [0, 0.05) is 5.69 Å². The van der Waals surface area contributed by atoms with Crippen LogP contribution in [0.3, 0.4) is 0 Å². The van der Waals surface area contributed by atoms with Crippen LogP contribution >= 0.6 is 0 Å². The van der Waals surface area contributed by atoms with E-state index in [0.717, 1.165) is 29.7 Å². The Balaban J connectivity index is 2.06. The lowest BCUT2D eigenvalue weighted by atomic mass is 10.0. The van der Waals surface area contributed by atoms with Gasteiger partial charge in [-0.25, -0.2) is 17.9 Å². The summed E-state index contributed by atoms with van der Waals surface area (Å²) in [5, 5.41) is 2.81. The molecule has 0 aromatic heterocycles. The van der Waals surface area contributed by atoms with E-state index in [1.807, 2.05) is 32.0 Å². The summed E-state index contributed by atoms with van der Waals surface area (Å²) in [5.41, 5.74) is 2.80. The fourth-order valence-electron chi connectivity index (χ4n) is 2.70. The van der Waals surface area contributed by atoms with E-state index >= 15 is 0 Å². The first-order valence-electron chi connectivity index (χ1n) is 8.93. The molecule has 2 N–H and O–H groups in total. The molecule has 2 aromatic rings. The number of carbonyl (C=O) groups is 2. The number of esters is 1. The first-order valence-corrected chi connectivity index (χ1v) is 10.4. The number of amides is 1. The zero-order valence-corrected chi connectivity index (χ0v) is 16.9. The van der Waals surface area contributed by atoms with E-state index in [-0.39, 0.29) is 10.5 Å². The summed E-state index contributed by atoms with van der Waals surface area (Å²) in [6.45, 7) is 3.52. The van der Waals surface area contributed by atoms with Crippen LogP contribution in [0.1, 0.15) is 35.3 Å². The summed E-state index contributed by atoms with van der Waals surface area (Å²) < 4.78 is 30.9. The van der Waals surface area contributed by atoms with Gasteiger partial charge in [0.1, 0.15) is 0 Å². The maximum absolute atomic E-state index is 12.3. The topological polar surface area (TPSA) is 102 Å². The van der Waals surface area contributed by atoms with E-state index in [4.69, 9.17) is 4.74 Å². The van der Waals surface area contributed by atoms with Gasteiger partial charge in [0.05, 0.1) is 10.5 Å². The molecule has 0 aliphatic rings. The molecular weight excluding hydrogens is 380 g/mol. The number of anilines is 1. The van der Waals surface area contributed by atoms with E-state index in [1.165, 1.54) is 31.3 Å². The molecule has 8 heteroatoms. The minimum atomic E-state index is -3.68. The van der Waals surface area contributed by atoms with Crippen molar-refractivity contribution in [3.63, 3.8) is 0 Å². The number of rotatable bonds is 8. The molecule has 0 bridgehead atoms. The Morgan fingerprint density at radius 2 is 1.61 bits per heavy atom. The van der Waals surface area contributed by atoms with E-state index in [1.54, 1.807) is 0 Å². The smallest absolute Gasteiger partial charge is 0.338 e. The van der Waals surface area contributed by atoms with Gasteiger partial charge in [-0.1, -0.05) is 38.1 Å². The maximum atomic E-state index is 12.3. The molecular formula is C20H24N2O5S. The number of para-hydroxylation sites is 1. The first-order chi connectivity index (χ1) is 13.3. The second-order valence-electron chi connectivity index (χ2n) is 6.02. The van der Waals surface area contributed by atoms with Crippen LogP contribution in [0.2, 0.25) is 0 Å². The highest BCUT2D eigenvalue weighted by molar-refractivity contribution is 7.89. The molecule has 0 fully saturated rings. The van der Waals surface area contributed by atoms with Crippen molar-refractivity contribution in [2.75, 3.05) is 19.0 Å². The molecule has 1 amide bonds. The van der Waals surface area contributed by atoms with Crippen LogP contribution in [-0.4, -0.2) is 33.9 Å². The normalized spacial score (nSPS) is 11.1. The highest BCUT2D eigenvalue weighted by Crippen LogP contribution is 2.22. The third kappa shape index (κ3) is 5.17. The predicted octanol–water partition coefficient (Wildman–Crippen LogP) is 2.52. The molecule has 2 aromatic carbocycles. The zero-order valence-electron chi connectivity index (χ0n) is 16.1. The van der Waals surface area contributed by atoms with Gasteiger partial charge in [0.25, 0.3) is 5.91 Å². The van der Waals surface area contributed by atoms with E-state index in [9.17, 15) is 18.0 Å². The number of ether oxygens (including phenoxy) is 1. The van der Waals surface area contributed by atoms with Crippen LogP contribution in [0, 0.1) is 0 Å². The molecule has 28 heavy (non-hydrogen) atoms. The van der Waals surface area contributed by atoms with E-state index < -0.39 is 28.5 Å². The first kappa shape index (κ1) is 21.6. The highest BCUT2D eigenvalue weighted by Gasteiger charge is 2.17. The van der Waals surface area contributed by atoms with E-state index in [0.29, 0.717) is 0 Å². The summed E-state index contributed by atoms with van der Waals surface area (Å²) in [5.74, 6) is -1.23. The molecule has 0 spiro atoms. The summed E-state index contributed by atoms with van der Waals surface area (Å²) >= 11 is 0. The quantitative estimate of drug-likeness (QED) is 0.659. The predicted molar refractivity (Wildman–Crippen MR) is 107 cm³/mol. The lowest BCUT2D eigenvalue weighted by Gasteiger charge is -2.14. The molecule has 0 heterocycles. The zero-order chi connectivity index (χ0) is 20.7. The average molecular weight is 404 g/mol. The van der Waals surface area contributed by atoms with Gasteiger partial charge in [-0.2, -0.15) is 0 Å². The van der Waals surface area contributed by atoms with Gasteiger partial charge in [0.2, 0.25) is 10.0 Å². The minimum absolute atomic E-state index is 0.0485. The number of hydrogen-bond acceptors (Lipinski definition) is 5. The molecule has 150 valence electrons. The maximum Gasteiger partial charge on any atom is 0.338 e. The number of nitrogens with one attached hydrogen (secondary N) is 2. The van der Waals surface area contributed by atoms with Gasteiger partial charge < -0.3 is 10.1 Å². The van der Waals surface area contributed by atoms with E-state index in [2.05, 4.69) is 10.0 Å². The Labute approximate surface area is 165 Å². The number of sulfonamides is 1. The molecule has 0 atom stereocenters. The molecule has 0 aliphatic carbocycles. The summed E-state index contributed by atoms with van der Waals surface area (Å²) in [7, 11) is -2.40. The largest absolute Gasteiger partial charge is 0.452 e. The van der Waals surface area contributed by atoms with Crippen LogP contribution in [-0.2, 0) is 32.4 Å². The van der Waals surface area contributed by atoms with Gasteiger partial charge >= 0.3 is 5.97 Å². The number of aryl methyl sites for hydroxylation is 2. The molecule has 0 saturated carbocycles. The Morgan fingerprint density at radius 3 is 2.18 bits per heavy atom. The third-order valence-electron chi connectivity index (χ3n) is 4.25. The fraction of sp³-hybridized carbons (Fsp3) is 0.300. The molecule has 0 aliphatic heterocycles. The number of hydrogen-bond donors (Lipinski definition) is 2. The van der Waals surface area contributed by atoms with Crippen LogP contribution < -0.4 is 10.0 Å². The lowest BCUT2D eigenvalue weighted by Crippen LogP contribution is -2.23. The SMILES string of the molecule is CCc1cccc(CC)c1NC(=O)COC(=O)c1cccc(S(=O)(=O)NC)c1. The van der Waals surface area contributed by atoms with Crippen molar-refractivity contribution in [2.24, 2.45) is 0 Å². The Kier molecular flexibility index (Phi) is 7.31. The summed E-state index contributed by atoms with van der Waals surface area (Å²) in [6.07, 6.45) is 1.52. The minimum Gasteiger partial charge on any atom is -0.452 e. The molecule has 7 nitrogen and oxygen atoms in total.